The summed E-state index contributed by atoms with van der Waals surface area (Å²) in [5.74, 6) is -1.29. The second-order valence-electron chi connectivity index (χ2n) is 2.94. The van der Waals surface area contributed by atoms with E-state index in [1.165, 1.54) is 18.3 Å². The van der Waals surface area contributed by atoms with Crippen molar-refractivity contribution in [2.75, 3.05) is 0 Å². The third-order valence-electron chi connectivity index (χ3n) is 1.69. The Morgan fingerprint density at radius 1 is 1.64 bits per heavy atom. The molecular formula is C9H11NO3S. The van der Waals surface area contributed by atoms with E-state index >= 15 is 0 Å². The van der Waals surface area contributed by atoms with Crippen molar-refractivity contribution in [3.8, 4) is 0 Å². The van der Waals surface area contributed by atoms with E-state index in [2.05, 4.69) is 5.32 Å². The summed E-state index contributed by atoms with van der Waals surface area (Å²) in [4.78, 5) is 21.7. The molecule has 0 spiro atoms. The minimum atomic E-state index is -1.02. The van der Waals surface area contributed by atoms with Crippen molar-refractivity contribution in [1.29, 1.82) is 0 Å². The molecule has 0 saturated carbocycles. The summed E-state index contributed by atoms with van der Waals surface area (Å²) in [6.45, 7) is 1.44. The zero-order chi connectivity index (χ0) is 10.6. The van der Waals surface area contributed by atoms with Crippen LogP contribution >= 0.6 is 11.3 Å². The van der Waals surface area contributed by atoms with Gasteiger partial charge in [0.2, 0.25) is 5.91 Å². The summed E-state index contributed by atoms with van der Waals surface area (Å²) in [5, 5.41) is 14.7. The first-order valence-electron chi connectivity index (χ1n) is 4.13. The Kier molecular flexibility index (Phi) is 3.64. The van der Waals surface area contributed by atoms with Gasteiger partial charge in [-0.2, -0.15) is 11.3 Å². The highest BCUT2D eigenvalue weighted by atomic mass is 32.1. The molecule has 0 bridgehead atoms. The Hall–Kier alpha value is -1.36. The number of rotatable bonds is 4. The highest BCUT2D eigenvalue weighted by Gasteiger charge is 2.13. The minimum Gasteiger partial charge on any atom is -0.480 e. The number of thiophene rings is 1. The fraction of sp³-hybridized carbons (Fsp3) is 0.333. The van der Waals surface area contributed by atoms with Gasteiger partial charge in [-0.15, -0.1) is 0 Å². The van der Waals surface area contributed by atoms with Crippen LogP contribution in [0.4, 0.5) is 0 Å². The molecule has 0 aliphatic heterocycles. The standard InChI is InChI=1S/C9H11NO3S/c1-6(9(12)13)10-8(11)4-7-2-3-14-5-7/h2-3,5-6H,4H2,1H3,(H,10,11)(H,12,13). The summed E-state index contributed by atoms with van der Waals surface area (Å²) in [7, 11) is 0. The van der Waals surface area contributed by atoms with Crippen molar-refractivity contribution >= 4 is 23.2 Å². The summed E-state index contributed by atoms with van der Waals surface area (Å²) < 4.78 is 0. The molecule has 0 saturated heterocycles. The molecule has 1 atom stereocenters. The van der Waals surface area contributed by atoms with Gasteiger partial charge < -0.3 is 10.4 Å². The average Bonchev–Trinajstić information content (AvgIpc) is 2.56. The van der Waals surface area contributed by atoms with Crippen LogP contribution in [0.2, 0.25) is 0 Å². The van der Waals surface area contributed by atoms with Gasteiger partial charge in [-0.3, -0.25) is 9.59 Å². The van der Waals surface area contributed by atoms with Crippen LogP contribution in [-0.2, 0) is 16.0 Å². The van der Waals surface area contributed by atoms with Crippen molar-refractivity contribution in [3.63, 3.8) is 0 Å². The summed E-state index contributed by atoms with van der Waals surface area (Å²) in [6.07, 6.45) is 0.237. The average molecular weight is 213 g/mol. The third kappa shape index (κ3) is 3.18. The SMILES string of the molecule is CC(NC(=O)Cc1ccsc1)C(=O)O. The van der Waals surface area contributed by atoms with Crippen molar-refractivity contribution < 1.29 is 14.7 Å². The topological polar surface area (TPSA) is 66.4 Å². The summed E-state index contributed by atoms with van der Waals surface area (Å²) in [6, 6.07) is 1.01. The number of carboxylic acids is 1. The quantitative estimate of drug-likeness (QED) is 0.780. The van der Waals surface area contributed by atoms with Gasteiger partial charge >= 0.3 is 5.97 Å². The van der Waals surface area contributed by atoms with Crippen LogP contribution in [-0.4, -0.2) is 23.0 Å². The Morgan fingerprint density at radius 3 is 2.86 bits per heavy atom. The zero-order valence-electron chi connectivity index (χ0n) is 7.69. The molecule has 1 rings (SSSR count). The maximum absolute atomic E-state index is 11.3. The van der Waals surface area contributed by atoms with E-state index in [-0.39, 0.29) is 12.3 Å². The van der Waals surface area contributed by atoms with Gasteiger partial charge in [0, 0.05) is 0 Å². The molecule has 5 heteroatoms. The van der Waals surface area contributed by atoms with Crippen molar-refractivity contribution in [1.82, 2.24) is 5.32 Å². The van der Waals surface area contributed by atoms with Crippen LogP contribution in [0.25, 0.3) is 0 Å². The molecule has 0 aliphatic rings. The van der Waals surface area contributed by atoms with Gasteiger partial charge in [-0.05, 0) is 29.3 Å². The molecule has 14 heavy (non-hydrogen) atoms. The third-order valence-corrected chi connectivity index (χ3v) is 2.42. The van der Waals surface area contributed by atoms with E-state index in [0.29, 0.717) is 0 Å². The smallest absolute Gasteiger partial charge is 0.325 e. The molecule has 0 aliphatic carbocycles. The van der Waals surface area contributed by atoms with Gasteiger partial charge in [0.1, 0.15) is 6.04 Å². The summed E-state index contributed by atoms with van der Waals surface area (Å²) >= 11 is 1.51. The molecule has 1 aromatic rings. The Morgan fingerprint density at radius 2 is 2.36 bits per heavy atom. The molecular weight excluding hydrogens is 202 g/mol. The van der Waals surface area contributed by atoms with Crippen molar-refractivity contribution in [3.05, 3.63) is 22.4 Å². The number of aliphatic carboxylic acids is 1. The molecule has 0 aromatic carbocycles. The molecule has 1 heterocycles. The first kappa shape index (κ1) is 10.7. The number of hydrogen-bond donors (Lipinski definition) is 2. The van der Waals surface area contributed by atoms with Crippen LogP contribution in [0.15, 0.2) is 16.8 Å². The minimum absolute atomic E-state index is 0.237. The zero-order valence-corrected chi connectivity index (χ0v) is 8.50. The van der Waals surface area contributed by atoms with E-state index in [4.69, 9.17) is 5.11 Å². The van der Waals surface area contributed by atoms with Gasteiger partial charge in [-0.25, -0.2) is 0 Å². The van der Waals surface area contributed by atoms with Gasteiger partial charge in [0.25, 0.3) is 0 Å². The number of hydrogen-bond acceptors (Lipinski definition) is 3. The number of carbonyl (C=O) groups excluding carboxylic acids is 1. The van der Waals surface area contributed by atoms with E-state index in [0.717, 1.165) is 5.56 Å². The fourth-order valence-corrected chi connectivity index (χ4v) is 1.60. The van der Waals surface area contributed by atoms with Crippen molar-refractivity contribution in [2.24, 2.45) is 0 Å². The maximum atomic E-state index is 11.3. The van der Waals surface area contributed by atoms with Crippen molar-refractivity contribution in [2.45, 2.75) is 19.4 Å². The van der Waals surface area contributed by atoms with Crippen LogP contribution in [0, 0.1) is 0 Å². The number of amides is 1. The lowest BCUT2D eigenvalue weighted by atomic mass is 10.2. The summed E-state index contributed by atoms with van der Waals surface area (Å²) in [5.41, 5.74) is 0.907. The normalized spacial score (nSPS) is 12.1. The van der Waals surface area contributed by atoms with Gasteiger partial charge in [0.15, 0.2) is 0 Å². The number of carbonyl (C=O) groups is 2. The van der Waals surface area contributed by atoms with E-state index in [1.807, 2.05) is 16.8 Å². The predicted molar refractivity (Wildman–Crippen MR) is 53.3 cm³/mol. The highest BCUT2D eigenvalue weighted by molar-refractivity contribution is 7.07. The molecule has 4 nitrogen and oxygen atoms in total. The van der Waals surface area contributed by atoms with Crippen LogP contribution in [0.3, 0.4) is 0 Å². The second kappa shape index (κ2) is 4.76. The number of nitrogens with one attached hydrogen (secondary N) is 1. The Bertz CT molecular complexity index is 321. The van der Waals surface area contributed by atoms with E-state index in [9.17, 15) is 9.59 Å². The number of carboxylic acid groups (broad SMARTS) is 1. The van der Waals surface area contributed by atoms with Crippen LogP contribution < -0.4 is 5.32 Å². The second-order valence-corrected chi connectivity index (χ2v) is 3.72. The van der Waals surface area contributed by atoms with Crippen LogP contribution in [0.5, 0.6) is 0 Å². The largest absolute Gasteiger partial charge is 0.480 e. The first-order valence-corrected chi connectivity index (χ1v) is 5.07. The monoisotopic (exact) mass is 213 g/mol. The Labute approximate surface area is 85.6 Å². The molecule has 0 radical (unpaired) electrons. The lowest BCUT2D eigenvalue weighted by Crippen LogP contribution is -2.39. The molecule has 2 N–H and O–H groups in total. The lowest BCUT2D eigenvalue weighted by molar-refractivity contribution is -0.141. The molecule has 76 valence electrons. The molecule has 1 amide bonds. The van der Waals surface area contributed by atoms with Crippen LogP contribution in [0.1, 0.15) is 12.5 Å². The van der Waals surface area contributed by atoms with Gasteiger partial charge in [-0.1, -0.05) is 0 Å². The van der Waals surface area contributed by atoms with E-state index in [1.54, 1.807) is 0 Å². The Balaban J connectivity index is 2.40. The lowest BCUT2D eigenvalue weighted by Gasteiger charge is -2.07. The fourth-order valence-electron chi connectivity index (χ4n) is 0.933. The highest BCUT2D eigenvalue weighted by Crippen LogP contribution is 2.06. The van der Waals surface area contributed by atoms with Gasteiger partial charge in [0.05, 0.1) is 6.42 Å². The molecule has 1 aromatic heterocycles. The molecule has 1 unspecified atom stereocenters. The van der Waals surface area contributed by atoms with E-state index < -0.39 is 12.0 Å². The predicted octanol–water partition coefficient (Wildman–Crippen LogP) is 0.880. The maximum Gasteiger partial charge on any atom is 0.325 e. The first-order chi connectivity index (χ1) is 6.59. The molecule has 0 fully saturated rings.